The van der Waals surface area contributed by atoms with Crippen LogP contribution >= 0.6 is 0 Å². The molecule has 3 aromatic carbocycles. The summed E-state index contributed by atoms with van der Waals surface area (Å²) in [5.41, 5.74) is 3.41. The minimum atomic E-state index is -0.138. The van der Waals surface area contributed by atoms with Gasteiger partial charge in [-0.1, -0.05) is 60.7 Å². The average Bonchev–Trinajstić information content (AvgIpc) is 2.56. The Hall–Kier alpha value is -2.61. The zero-order chi connectivity index (χ0) is 14.9. The van der Waals surface area contributed by atoms with E-state index in [1.807, 2.05) is 24.3 Å². The molecule has 0 aromatic heterocycles. The molecule has 0 saturated heterocycles. The summed E-state index contributed by atoms with van der Waals surface area (Å²) in [6.07, 6.45) is 1.26. The van der Waals surface area contributed by atoms with Gasteiger partial charge < -0.3 is 5.32 Å². The Morgan fingerprint density at radius 1 is 0.909 bits per heavy atom. The van der Waals surface area contributed by atoms with E-state index in [1.165, 1.54) is 16.3 Å². The predicted octanol–water partition coefficient (Wildman–Crippen LogP) is 3.99. The van der Waals surface area contributed by atoms with Gasteiger partial charge in [0.15, 0.2) is 5.78 Å². The molecular weight excluding hydrogens is 270 g/mol. The molecule has 1 atom stereocenters. The van der Waals surface area contributed by atoms with Crippen LogP contribution in [-0.2, 0) is 17.6 Å². The standard InChI is InChI=1S/C20H17NO/c22-20-13-16-7-2-4-11-18(16)21-19(20)12-15-9-5-8-14-6-1-3-10-17(14)15/h1-11,19,21H,12-13H2/t19-/m0/s1. The van der Waals surface area contributed by atoms with E-state index < -0.39 is 0 Å². The number of rotatable bonds is 2. The van der Waals surface area contributed by atoms with E-state index >= 15 is 0 Å². The number of carbonyl (C=O) groups excluding carboxylic acids is 1. The minimum Gasteiger partial charge on any atom is -0.375 e. The lowest BCUT2D eigenvalue weighted by atomic mass is 9.91. The second kappa shape index (κ2) is 5.30. The van der Waals surface area contributed by atoms with Gasteiger partial charge in [-0.05, 0) is 28.0 Å². The number of nitrogens with one attached hydrogen (secondary N) is 1. The second-order valence-electron chi connectivity index (χ2n) is 5.84. The lowest BCUT2D eigenvalue weighted by Gasteiger charge is -2.26. The van der Waals surface area contributed by atoms with Crippen LogP contribution in [0.3, 0.4) is 0 Å². The van der Waals surface area contributed by atoms with E-state index in [9.17, 15) is 4.79 Å². The Morgan fingerprint density at radius 3 is 2.64 bits per heavy atom. The zero-order valence-electron chi connectivity index (χ0n) is 12.3. The third kappa shape index (κ3) is 2.27. The van der Waals surface area contributed by atoms with Crippen LogP contribution in [0, 0.1) is 0 Å². The normalized spacial score (nSPS) is 17.1. The molecule has 1 N–H and O–H groups in total. The van der Waals surface area contributed by atoms with E-state index in [0.717, 1.165) is 17.7 Å². The molecule has 0 amide bonds. The number of hydrogen-bond donors (Lipinski definition) is 1. The number of ketones is 1. The van der Waals surface area contributed by atoms with Gasteiger partial charge in [-0.25, -0.2) is 0 Å². The topological polar surface area (TPSA) is 29.1 Å². The summed E-state index contributed by atoms with van der Waals surface area (Å²) in [5, 5.41) is 5.87. The van der Waals surface area contributed by atoms with Crippen molar-refractivity contribution >= 4 is 22.2 Å². The Morgan fingerprint density at radius 2 is 1.68 bits per heavy atom. The summed E-state index contributed by atoms with van der Waals surface area (Å²) >= 11 is 0. The molecule has 0 bridgehead atoms. The Balaban J connectivity index is 1.67. The van der Waals surface area contributed by atoms with Crippen LogP contribution in [0.25, 0.3) is 10.8 Å². The van der Waals surface area contributed by atoms with Crippen LogP contribution in [0.1, 0.15) is 11.1 Å². The summed E-state index contributed by atoms with van der Waals surface area (Å²) in [7, 11) is 0. The van der Waals surface area contributed by atoms with E-state index in [4.69, 9.17) is 0 Å². The maximum Gasteiger partial charge on any atom is 0.159 e. The Bertz CT molecular complexity index is 848. The molecule has 0 unspecified atom stereocenters. The largest absolute Gasteiger partial charge is 0.375 e. The van der Waals surface area contributed by atoms with Gasteiger partial charge in [0.25, 0.3) is 0 Å². The van der Waals surface area contributed by atoms with Crippen LogP contribution < -0.4 is 5.32 Å². The molecule has 22 heavy (non-hydrogen) atoms. The highest BCUT2D eigenvalue weighted by Gasteiger charge is 2.25. The molecule has 0 fully saturated rings. The van der Waals surface area contributed by atoms with Crippen molar-refractivity contribution in [1.29, 1.82) is 0 Å². The molecule has 1 aliphatic rings. The number of benzene rings is 3. The SMILES string of the molecule is O=C1Cc2ccccc2N[C@H]1Cc1cccc2ccccc12. The van der Waals surface area contributed by atoms with Crippen molar-refractivity contribution in [3.63, 3.8) is 0 Å². The minimum absolute atomic E-state index is 0.138. The van der Waals surface area contributed by atoms with E-state index in [0.29, 0.717) is 6.42 Å². The first-order chi connectivity index (χ1) is 10.8. The molecule has 0 radical (unpaired) electrons. The van der Waals surface area contributed by atoms with Crippen molar-refractivity contribution in [3.8, 4) is 0 Å². The summed E-state index contributed by atoms with van der Waals surface area (Å²) in [6, 6.07) is 22.6. The van der Waals surface area contributed by atoms with Crippen molar-refractivity contribution in [3.05, 3.63) is 77.9 Å². The first kappa shape index (κ1) is 13.1. The fourth-order valence-electron chi connectivity index (χ4n) is 3.25. The van der Waals surface area contributed by atoms with Crippen LogP contribution in [0.5, 0.6) is 0 Å². The molecule has 0 aliphatic carbocycles. The molecule has 4 rings (SSSR count). The third-order valence-electron chi connectivity index (χ3n) is 4.40. The van der Waals surface area contributed by atoms with Crippen LogP contribution in [0.4, 0.5) is 5.69 Å². The maximum atomic E-state index is 12.4. The van der Waals surface area contributed by atoms with E-state index in [-0.39, 0.29) is 11.8 Å². The molecule has 2 nitrogen and oxygen atoms in total. The molecule has 1 aliphatic heterocycles. The van der Waals surface area contributed by atoms with Gasteiger partial charge in [-0.2, -0.15) is 0 Å². The fraction of sp³-hybridized carbons (Fsp3) is 0.150. The number of hydrogen-bond acceptors (Lipinski definition) is 2. The number of fused-ring (bicyclic) bond motifs is 2. The number of carbonyl (C=O) groups is 1. The van der Waals surface area contributed by atoms with Gasteiger partial charge >= 0.3 is 0 Å². The van der Waals surface area contributed by atoms with Crippen LogP contribution in [0.15, 0.2) is 66.7 Å². The predicted molar refractivity (Wildman–Crippen MR) is 90.2 cm³/mol. The highest BCUT2D eigenvalue weighted by molar-refractivity contribution is 5.94. The Labute approximate surface area is 129 Å². The van der Waals surface area contributed by atoms with Gasteiger partial charge in [0.05, 0.1) is 6.04 Å². The number of anilines is 1. The lowest BCUT2D eigenvalue weighted by Crippen LogP contribution is -2.37. The number of para-hydroxylation sites is 1. The summed E-state index contributed by atoms with van der Waals surface area (Å²) < 4.78 is 0. The van der Waals surface area contributed by atoms with Gasteiger partial charge in [0, 0.05) is 18.5 Å². The zero-order valence-corrected chi connectivity index (χ0v) is 12.3. The lowest BCUT2D eigenvalue weighted by molar-refractivity contribution is -0.119. The van der Waals surface area contributed by atoms with Gasteiger partial charge in [0.2, 0.25) is 0 Å². The summed E-state index contributed by atoms with van der Waals surface area (Å²) in [4.78, 5) is 12.4. The van der Waals surface area contributed by atoms with Gasteiger partial charge in [0.1, 0.15) is 0 Å². The molecule has 1 heterocycles. The molecule has 0 spiro atoms. The van der Waals surface area contributed by atoms with Crippen molar-refractivity contribution in [2.45, 2.75) is 18.9 Å². The molecule has 2 heteroatoms. The van der Waals surface area contributed by atoms with Crippen molar-refractivity contribution < 1.29 is 4.79 Å². The van der Waals surface area contributed by atoms with Crippen molar-refractivity contribution in [2.24, 2.45) is 0 Å². The monoisotopic (exact) mass is 287 g/mol. The Kier molecular flexibility index (Phi) is 3.15. The summed E-state index contributed by atoms with van der Waals surface area (Å²) in [5.74, 6) is 0.270. The summed E-state index contributed by atoms with van der Waals surface area (Å²) in [6.45, 7) is 0. The van der Waals surface area contributed by atoms with Crippen LogP contribution in [-0.4, -0.2) is 11.8 Å². The van der Waals surface area contributed by atoms with Gasteiger partial charge in [-0.15, -0.1) is 0 Å². The molecule has 108 valence electrons. The fourth-order valence-corrected chi connectivity index (χ4v) is 3.25. The highest BCUT2D eigenvalue weighted by Crippen LogP contribution is 2.26. The first-order valence-electron chi connectivity index (χ1n) is 7.65. The van der Waals surface area contributed by atoms with E-state index in [2.05, 4.69) is 47.8 Å². The molecular formula is C20H17NO. The smallest absolute Gasteiger partial charge is 0.159 e. The van der Waals surface area contributed by atoms with Gasteiger partial charge in [-0.3, -0.25) is 4.79 Å². The molecule has 3 aromatic rings. The number of Topliss-reactive ketones (excluding diaryl/α,β-unsaturated/α-hetero) is 1. The highest BCUT2D eigenvalue weighted by atomic mass is 16.1. The van der Waals surface area contributed by atoms with Crippen LogP contribution in [0.2, 0.25) is 0 Å². The van der Waals surface area contributed by atoms with Crippen molar-refractivity contribution in [1.82, 2.24) is 0 Å². The molecule has 0 saturated carbocycles. The third-order valence-corrected chi connectivity index (χ3v) is 4.40. The quantitative estimate of drug-likeness (QED) is 0.772. The first-order valence-corrected chi connectivity index (χ1v) is 7.65. The van der Waals surface area contributed by atoms with Crippen molar-refractivity contribution in [2.75, 3.05) is 5.32 Å². The van der Waals surface area contributed by atoms with E-state index in [1.54, 1.807) is 0 Å². The average molecular weight is 287 g/mol. The maximum absolute atomic E-state index is 12.4. The second-order valence-corrected chi connectivity index (χ2v) is 5.84.